The topological polar surface area (TPSA) is 38.8 Å². The lowest BCUT2D eigenvalue weighted by atomic mass is 10.1. The summed E-state index contributed by atoms with van der Waals surface area (Å²) in [6.45, 7) is 5.24. The Morgan fingerprint density at radius 2 is 2.00 bits per heavy atom. The van der Waals surface area contributed by atoms with E-state index in [9.17, 15) is 4.79 Å². The zero-order valence-electron chi connectivity index (χ0n) is 15.9. The van der Waals surface area contributed by atoms with Crippen LogP contribution in [0.15, 0.2) is 41.3 Å². The Morgan fingerprint density at radius 3 is 2.66 bits per heavy atom. The molecule has 2 aromatic rings. The Morgan fingerprint density at radius 1 is 1.24 bits per heavy atom. The maximum Gasteiger partial charge on any atom is 0.266 e. The van der Waals surface area contributed by atoms with E-state index in [1.54, 1.807) is 4.90 Å². The summed E-state index contributed by atoms with van der Waals surface area (Å²) in [5.41, 5.74) is 1.76. The third kappa shape index (κ3) is 5.25. The first-order valence-corrected chi connectivity index (χ1v) is 11.7. The Bertz CT molecular complexity index is 980. The molecular formula is C21H19ClINO3S2. The first kappa shape index (κ1) is 22.4. The third-order valence-electron chi connectivity index (χ3n) is 4.15. The predicted molar refractivity (Wildman–Crippen MR) is 132 cm³/mol. The van der Waals surface area contributed by atoms with Crippen LogP contribution in [0.25, 0.3) is 6.08 Å². The smallest absolute Gasteiger partial charge is 0.266 e. The number of rotatable bonds is 7. The van der Waals surface area contributed by atoms with Gasteiger partial charge in [-0.25, -0.2) is 0 Å². The maximum atomic E-state index is 12.5. The number of nitrogens with zero attached hydrogens (tertiary/aromatic N) is 1. The van der Waals surface area contributed by atoms with Crippen LogP contribution in [0.3, 0.4) is 0 Å². The summed E-state index contributed by atoms with van der Waals surface area (Å²) in [5.74, 6) is 1.23. The molecule has 0 radical (unpaired) electrons. The maximum absolute atomic E-state index is 12.5. The number of hydrogen-bond acceptors (Lipinski definition) is 5. The lowest BCUT2D eigenvalue weighted by Gasteiger charge is -2.15. The Balaban J connectivity index is 1.89. The number of thioether (sulfide) groups is 1. The average molecular weight is 560 g/mol. The summed E-state index contributed by atoms with van der Waals surface area (Å²) in [5, 5.41) is 0.662. The van der Waals surface area contributed by atoms with E-state index in [4.69, 9.17) is 33.3 Å². The number of halogens is 2. The van der Waals surface area contributed by atoms with Gasteiger partial charge in [0.25, 0.3) is 5.91 Å². The van der Waals surface area contributed by atoms with Crippen LogP contribution in [-0.4, -0.2) is 28.3 Å². The van der Waals surface area contributed by atoms with Crippen molar-refractivity contribution in [1.82, 2.24) is 4.90 Å². The van der Waals surface area contributed by atoms with Gasteiger partial charge in [-0.3, -0.25) is 9.69 Å². The van der Waals surface area contributed by atoms with E-state index in [-0.39, 0.29) is 5.91 Å². The van der Waals surface area contributed by atoms with Crippen molar-refractivity contribution in [3.05, 3.63) is 61.0 Å². The summed E-state index contributed by atoms with van der Waals surface area (Å²) in [6, 6.07) is 11.4. The normalized spacial score (nSPS) is 15.3. The Kier molecular flexibility index (Phi) is 7.84. The number of ether oxygens (including phenoxy) is 2. The zero-order valence-corrected chi connectivity index (χ0v) is 20.5. The van der Waals surface area contributed by atoms with Crippen LogP contribution < -0.4 is 9.47 Å². The number of hydrogen-bond donors (Lipinski definition) is 0. The standard InChI is InChI=1S/C21H19ClINO3S2/c1-3-24-20(25)18(29-21(24)28)11-13-9-16(23)19(17(10-13)26-4-2)27-12-14-7-5-6-8-15(14)22/h5-11H,3-4,12H2,1-2H3/b18-11-. The minimum absolute atomic E-state index is 0.0606. The van der Waals surface area contributed by atoms with Crippen molar-refractivity contribution in [1.29, 1.82) is 0 Å². The van der Waals surface area contributed by atoms with Gasteiger partial charge < -0.3 is 9.47 Å². The lowest BCUT2D eigenvalue weighted by molar-refractivity contribution is -0.121. The largest absolute Gasteiger partial charge is 0.490 e. The molecule has 0 unspecified atom stereocenters. The fraction of sp³-hybridized carbons (Fsp3) is 0.238. The van der Waals surface area contributed by atoms with E-state index in [0.717, 1.165) is 14.7 Å². The molecule has 1 aliphatic heterocycles. The molecule has 1 fully saturated rings. The fourth-order valence-electron chi connectivity index (χ4n) is 2.76. The van der Waals surface area contributed by atoms with Gasteiger partial charge in [-0.15, -0.1) is 0 Å². The molecule has 0 atom stereocenters. The molecule has 1 heterocycles. The monoisotopic (exact) mass is 559 g/mol. The highest BCUT2D eigenvalue weighted by Gasteiger charge is 2.30. The minimum atomic E-state index is -0.0606. The van der Waals surface area contributed by atoms with Crippen molar-refractivity contribution in [3.63, 3.8) is 0 Å². The van der Waals surface area contributed by atoms with E-state index < -0.39 is 0 Å². The molecule has 4 nitrogen and oxygen atoms in total. The highest BCUT2D eigenvalue weighted by Crippen LogP contribution is 2.38. The molecule has 8 heteroatoms. The van der Waals surface area contributed by atoms with Gasteiger partial charge in [-0.05, 0) is 66.3 Å². The van der Waals surface area contributed by atoms with Crippen LogP contribution in [0.1, 0.15) is 25.0 Å². The fourth-order valence-corrected chi connectivity index (χ4v) is 5.12. The predicted octanol–water partition coefficient (Wildman–Crippen LogP) is 6.14. The molecule has 3 rings (SSSR count). The van der Waals surface area contributed by atoms with Crippen molar-refractivity contribution in [2.24, 2.45) is 0 Å². The highest BCUT2D eigenvalue weighted by molar-refractivity contribution is 14.1. The number of likely N-dealkylation sites (N-methyl/N-ethyl adjacent to an activating group) is 1. The molecular weight excluding hydrogens is 541 g/mol. The molecule has 29 heavy (non-hydrogen) atoms. The minimum Gasteiger partial charge on any atom is -0.490 e. The van der Waals surface area contributed by atoms with Gasteiger partial charge in [0.1, 0.15) is 10.9 Å². The summed E-state index contributed by atoms with van der Waals surface area (Å²) in [6.07, 6.45) is 1.84. The number of amides is 1. The summed E-state index contributed by atoms with van der Waals surface area (Å²) in [4.78, 5) is 14.7. The van der Waals surface area contributed by atoms with Gasteiger partial charge in [-0.2, -0.15) is 0 Å². The van der Waals surface area contributed by atoms with Crippen LogP contribution in [0.2, 0.25) is 5.02 Å². The molecule has 2 aromatic carbocycles. The number of benzene rings is 2. The van der Waals surface area contributed by atoms with Crippen molar-refractivity contribution in [2.75, 3.05) is 13.2 Å². The van der Waals surface area contributed by atoms with Crippen LogP contribution in [0, 0.1) is 3.57 Å². The van der Waals surface area contributed by atoms with Gasteiger partial charge >= 0.3 is 0 Å². The first-order chi connectivity index (χ1) is 13.9. The quantitative estimate of drug-likeness (QED) is 0.231. The van der Waals surface area contributed by atoms with Crippen LogP contribution >= 0.6 is 58.2 Å². The van der Waals surface area contributed by atoms with E-state index in [0.29, 0.717) is 45.5 Å². The van der Waals surface area contributed by atoms with Gasteiger partial charge in [-0.1, -0.05) is 53.8 Å². The number of carbonyl (C=O) groups is 1. The zero-order chi connectivity index (χ0) is 21.0. The SMILES string of the molecule is CCOc1cc(/C=C2\SC(=S)N(CC)C2=O)cc(I)c1OCc1ccccc1Cl. The van der Waals surface area contributed by atoms with Crippen LogP contribution in [0.5, 0.6) is 11.5 Å². The second-order valence-corrected chi connectivity index (χ2v) is 9.31. The third-order valence-corrected chi connectivity index (χ3v) is 6.70. The summed E-state index contributed by atoms with van der Waals surface area (Å²) >= 11 is 15.1. The van der Waals surface area contributed by atoms with E-state index in [1.807, 2.05) is 56.3 Å². The molecule has 0 bridgehead atoms. The van der Waals surface area contributed by atoms with Gasteiger partial charge in [0.05, 0.1) is 15.1 Å². The van der Waals surface area contributed by atoms with Gasteiger partial charge in [0.15, 0.2) is 11.5 Å². The second-order valence-electron chi connectivity index (χ2n) is 6.07. The average Bonchev–Trinajstić information content (AvgIpc) is 2.95. The van der Waals surface area contributed by atoms with E-state index >= 15 is 0 Å². The van der Waals surface area contributed by atoms with Crippen LogP contribution in [0.4, 0.5) is 0 Å². The van der Waals surface area contributed by atoms with Crippen molar-refractivity contribution >= 4 is 74.5 Å². The van der Waals surface area contributed by atoms with Crippen LogP contribution in [-0.2, 0) is 11.4 Å². The molecule has 0 spiro atoms. The molecule has 1 saturated heterocycles. The van der Waals surface area contributed by atoms with Gasteiger partial charge in [0.2, 0.25) is 0 Å². The summed E-state index contributed by atoms with van der Waals surface area (Å²) in [7, 11) is 0. The molecule has 1 aliphatic rings. The lowest BCUT2D eigenvalue weighted by Crippen LogP contribution is -2.27. The van der Waals surface area contributed by atoms with Gasteiger partial charge in [0, 0.05) is 17.1 Å². The van der Waals surface area contributed by atoms with Crippen molar-refractivity contribution in [2.45, 2.75) is 20.5 Å². The molecule has 152 valence electrons. The van der Waals surface area contributed by atoms with E-state index in [1.165, 1.54) is 11.8 Å². The molecule has 0 aromatic heterocycles. The molecule has 0 saturated carbocycles. The number of carbonyl (C=O) groups excluding carboxylic acids is 1. The van der Waals surface area contributed by atoms with Crippen molar-refractivity contribution in [3.8, 4) is 11.5 Å². The van der Waals surface area contributed by atoms with E-state index in [2.05, 4.69) is 22.6 Å². The Labute approximate surface area is 198 Å². The summed E-state index contributed by atoms with van der Waals surface area (Å²) < 4.78 is 13.3. The Hall–Kier alpha value is -1.29. The molecule has 0 N–H and O–H groups in total. The molecule has 1 amide bonds. The second kappa shape index (κ2) is 10.1. The molecule has 0 aliphatic carbocycles. The van der Waals surface area contributed by atoms with Crippen molar-refractivity contribution < 1.29 is 14.3 Å². The number of thiocarbonyl (C=S) groups is 1. The highest BCUT2D eigenvalue weighted by atomic mass is 127. The first-order valence-electron chi connectivity index (χ1n) is 9.02.